The minimum atomic E-state index is 0.494. The SMILES string of the molecule is C=C(/N=C(\N=C(/C)c1ccc(-c2ccc3c(c2)SC2C=CC=CC32)cc1)c1ccccc1)c1ccccc1. The van der Waals surface area contributed by atoms with Crippen LogP contribution in [-0.2, 0) is 0 Å². The van der Waals surface area contributed by atoms with Crippen molar-refractivity contribution in [1.29, 1.82) is 0 Å². The van der Waals surface area contributed by atoms with Gasteiger partial charge >= 0.3 is 0 Å². The molecule has 4 aromatic carbocycles. The van der Waals surface area contributed by atoms with E-state index in [0.717, 1.165) is 22.4 Å². The van der Waals surface area contributed by atoms with Crippen molar-refractivity contribution in [3.05, 3.63) is 156 Å². The van der Waals surface area contributed by atoms with Gasteiger partial charge < -0.3 is 0 Å². The Hall–Kier alpha value is -4.21. The van der Waals surface area contributed by atoms with Crippen molar-refractivity contribution >= 4 is 29.0 Å². The molecule has 6 rings (SSSR count). The number of rotatable bonds is 5. The zero-order chi connectivity index (χ0) is 25.9. The van der Waals surface area contributed by atoms with Crippen LogP contribution in [-0.4, -0.2) is 16.8 Å². The molecule has 4 aromatic rings. The summed E-state index contributed by atoms with van der Waals surface area (Å²) in [5, 5.41) is 0.518. The van der Waals surface area contributed by atoms with Gasteiger partial charge in [0.1, 0.15) is 0 Å². The molecule has 0 fully saturated rings. The molecule has 0 saturated carbocycles. The van der Waals surface area contributed by atoms with Gasteiger partial charge in [-0.15, -0.1) is 11.8 Å². The second-order valence-corrected chi connectivity index (χ2v) is 10.7. The number of nitrogens with zero attached hydrogens (tertiary/aromatic N) is 2. The lowest BCUT2D eigenvalue weighted by molar-refractivity contribution is 0.881. The van der Waals surface area contributed by atoms with E-state index in [-0.39, 0.29) is 0 Å². The quantitative estimate of drug-likeness (QED) is 0.195. The first-order valence-corrected chi connectivity index (χ1v) is 13.7. The molecule has 0 radical (unpaired) electrons. The van der Waals surface area contributed by atoms with Crippen molar-refractivity contribution < 1.29 is 0 Å². The van der Waals surface area contributed by atoms with Crippen molar-refractivity contribution in [3.63, 3.8) is 0 Å². The van der Waals surface area contributed by atoms with Crippen molar-refractivity contribution in [2.75, 3.05) is 0 Å². The van der Waals surface area contributed by atoms with Crippen LogP contribution in [0.25, 0.3) is 16.8 Å². The first-order valence-electron chi connectivity index (χ1n) is 12.9. The van der Waals surface area contributed by atoms with Gasteiger partial charge in [0.05, 0.1) is 5.70 Å². The number of fused-ring (bicyclic) bond motifs is 3. The van der Waals surface area contributed by atoms with Crippen LogP contribution in [0, 0.1) is 0 Å². The third-order valence-corrected chi connectivity index (χ3v) is 8.34. The number of hydrogen-bond donors (Lipinski definition) is 0. The summed E-state index contributed by atoms with van der Waals surface area (Å²) in [4.78, 5) is 11.2. The molecule has 0 saturated heterocycles. The molecule has 0 spiro atoms. The highest BCUT2D eigenvalue weighted by Gasteiger charge is 2.30. The largest absolute Gasteiger partial charge is 0.233 e. The van der Waals surface area contributed by atoms with Gasteiger partial charge in [0.2, 0.25) is 0 Å². The molecule has 3 heteroatoms. The summed E-state index contributed by atoms with van der Waals surface area (Å²) in [6.07, 6.45) is 8.96. The van der Waals surface area contributed by atoms with Crippen LogP contribution in [0.3, 0.4) is 0 Å². The fourth-order valence-electron chi connectivity index (χ4n) is 4.91. The maximum atomic E-state index is 4.96. The summed E-state index contributed by atoms with van der Waals surface area (Å²) < 4.78 is 0. The molecule has 38 heavy (non-hydrogen) atoms. The van der Waals surface area contributed by atoms with Gasteiger partial charge in [-0.2, -0.15) is 0 Å². The lowest BCUT2D eigenvalue weighted by Crippen LogP contribution is -2.06. The lowest BCUT2D eigenvalue weighted by Gasteiger charge is -2.14. The van der Waals surface area contributed by atoms with Crippen LogP contribution in [0.4, 0.5) is 0 Å². The first-order chi connectivity index (χ1) is 18.7. The lowest BCUT2D eigenvalue weighted by atomic mass is 9.91. The Morgan fingerprint density at radius 3 is 2.08 bits per heavy atom. The van der Waals surface area contributed by atoms with E-state index in [1.165, 1.54) is 21.6 Å². The van der Waals surface area contributed by atoms with Crippen molar-refractivity contribution in [1.82, 2.24) is 0 Å². The molecule has 2 atom stereocenters. The Morgan fingerprint density at radius 1 is 0.684 bits per heavy atom. The maximum absolute atomic E-state index is 4.96. The average Bonchev–Trinajstić information content (AvgIpc) is 3.35. The minimum Gasteiger partial charge on any atom is -0.233 e. The number of allylic oxidation sites excluding steroid dienone is 3. The Bertz CT molecular complexity index is 1590. The fourth-order valence-corrected chi connectivity index (χ4v) is 6.29. The van der Waals surface area contributed by atoms with Gasteiger partial charge in [0, 0.05) is 27.3 Å². The summed E-state index contributed by atoms with van der Waals surface area (Å²) in [6.45, 7) is 6.23. The monoisotopic (exact) mass is 508 g/mol. The zero-order valence-electron chi connectivity index (χ0n) is 21.3. The molecule has 2 unspecified atom stereocenters. The maximum Gasteiger partial charge on any atom is 0.160 e. The fraction of sp³-hybridized carbons (Fsp3) is 0.0857. The van der Waals surface area contributed by atoms with E-state index in [2.05, 4.69) is 73.3 Å². The second kappa shape index (κ2) is 10.6. The third-order valence-electron chi connectivity index (χ3n) is 7.01. The normalized spacial score (nSPS) is 18.2. The number of aliphatic imine (C=N–C) groups is 2. The van der Waals surface area contributed by atoms with E-state index >= 15 is 0 Å². The topological polar surface area (TPSA) is 24.7 Å². The molecule has 0 bridgehead atoms. The Labute approximate surface area is 228 Å². The van der Waals surface area contributed by atoms with Crippen LogP contribution in [0.5, 0.6) is 0 Å². The first kappa shape index (κ1) is 24.1. The molecule has 1 aliphatic carbocycles. The van der Waals surface area contributed by atoms with E-state index in [1.807, 2.05) is 79.3 Å². The predicted molar refractivity (Wildman–Crippen MR) is 163 cm³/mol. The van der Waals surface area contributed by atoms with Gasteiger partial charge in [-0.05, 0) is 40.8 Å². The van der Waals surface area contributed by atoms with Gasteiger partial charge in [-0.25, -0.2) is 9.98 Å². The van der Waals surface area contributed by atoms with E-state index in [1.54, 1.807) is 0 Å². The Balaban J connectivity index is 1.27. The van der Waals surface area contributed by atoms with E-state index in [9.17, 15) is 0 Å². The van der Waals surface area contributed by atoms with E-state index in [0.29, 0.717) is 22.7 Å². The summed E-state index contributed by atoms with van der Waals surface area (Å²) in [5.74, 6) is 1.15. The van der Waals surface area contributed by atoms with Crippen LogP contribution < -0.4 is 0 Å². The molecule has 1 aliphatic heterocycles. The van der Waals surface area contributed by atoms with E-state index < -0.39 is 0 Å². The molecular formula is C35H28N2S. The van der Waals surface area contributed by atoms with Crippen LogP contribution in [0.1, 0.15) is 35.1 Å². The molecular weight excluding hydrogens is 480 g/mol. The second-order valence-electron chi connectivity index (χ2n) is 9.52. The predicted octanol–water partition coefficient (Wildman–Crippen LogP) is 8.96. The molecule has 184 valence electrons. The Kier molecular flexibility index (Phi) is 6.76. The minimum absolute atomic E-state index is 0.494. The molecule has 2 aliphatic rings. The van der Waals surface area contributed by atoms with Crippen LogP contribution >= 0.6 is 11.8 Å². The third kappa shape index (κ3) is 4.98. The number of amidine groups is 1. The highest BCUT2D eigenvalue weighted by atomic mass is 32.2. The van der Waals surface area contributed by atoms with Gasteiger partial charge in [-0.3, -0.25) is 0 Å². The summed E-state index contributed by atoms with van der Waals surface area (Å²) in [7, 11) is 0. The zero-order valence-corrected chi connectivity index (χ0v) is 22.1. The van der Waals surface area contributed by atoms with Crippen molar-refractivity contribution in [2.45, 2.75) is 23.0 Å². The highest BCUT2D eigenvalue weighted by molar-refractivity contribution is 8.00. The summed E-state index contributed by atoms with van der Waals surface area (Å²) in [6, 6.07) is 35.6. The molecule has 0 aromatic heterocycles. The molecule has 0 N–H and O–H groups in total. The van der Waals surface area contributed by atoms with E-state index in [4.69, 9.17) is 9.98 Å². The highest BCUT2D eigenvalue weighted by Crippen LogP contribution is 2.49. The smallest absolute Gasteiger partial charge is 0.160 e. The molecule has 1 heterocycles. The summed E-state index contributed by atoms with van der Waals surface area (Å²) >= 11 is 1.97. The van der Waals surface area contributed by atoms with Crippen molar-refractivity contribution in [3.8, 4) is 11.1 Å². The average molecular weight is 509 g/mol. The van der Waals surface area contributed by atoms with Crippen LogP contribution in [0.2, 0.25) is 0 Å². The number of thioether (sulfide) groups is 1. The van der Waals surface area contributed by atoms with Gasteiger partial charge in [-0.1, -0.05) is 128 Å². The number of benzene rings is 4. The van der Waals surface area contributed by atoms with Gasteiger partial charge in [0.15, 0.2) is 5.84 Å². The van der Waals surface area contributed by atoms with Crippen molar-refractivity contribution in [2.24, 2.45) is 9.98 Å². The Morgan fingerprint density at radius 2 is 1.34 bits per heavy atom. The molecule has 0 amide bonds. The number of hydrogen-bond acceptors (Lipinski definition) is 2. The molecule has 2 nitrogen and oxygen atoms in total. The van der Waals surface area contributed by atoms with Crippen LogP contribution in [0.15, 0.2) is 149 Å². The van der Waals surface area contributed by atoms with Gasteiger partial charge in [0.25, 0.3) is 0 Å². The summed E-state index contributed by atoms with van der Waals surface area (Å²) in [5.41, 5.74) is 8.51. The standard InChI is InChI=1S/C35H28N2S/c1-24(26-11-5-3-6-12-26)36-35(29-13-7-4-8-14-29)37-25(2)27-17-19-28(20-18-27)30-21-22-32-31-15-9-10-16-33(31)38-34(32)23-30/h3-23,31,33H,1H2,2H3/b36-35-,37-25+.